The average molecular weight is 273 g/mol. The Morgan fingerprint density at radius 1 is 1.20 bits per heavy atom. The third kappa shape index (κ3) is 3.03. The summed E-state index contributed by atoms with van der Waals surface area (Å²) in [5.74, 6) is -0.273. The highest BCUT2D eigenvalue weighted by Crippen LogP contribution is 2.22. The summed E-state index contributed by atoms with van der Waals surface area (Å²) in [5, 5.41) is 0. The van der Waals surface area contributed by atoms with Gasteiger partial charge in [0, 0.05) is 13.0 Å². The minimum atomic E-state index is -0.457. The normalized spacial score (nSPS) is 10.3. The van der Waals surface area contributed by atoms with Crippen LogP contribution in [0.1, 0.15) is 21.5 Å². The van der Waals surface area contributed by atoms with Crippen molar-refractivity contribution in [1.82, 2.24) is 0 Å². The highest BCUT2D eigenvalue weighted by Gasteiger charge is 2.15. The minimum Gasteiger partial charge on any atom is -0.496 e. The Labute approximate surface area is 117 Å². The van der Waals surface area contributed by atoms with Crippen LogP contribution >= 0.6 is 0 Å². The number of carbonyl (C=O) groups excluding carboxylic acids is 1. The molecule has 2 aromatic rings. The van der Waals surface area contributed by atoms with Crippen LogP contribution in [0.15, 0.2) is 42.5 Å². The van der Waals surface area contributed by atoms with Crippen LogP contribution in [0.25, 0.3) is 0 Å². The maximum atomic E-state index is 13.3. The van der Waals surface area contributed by atoms with E-state index in [1.807, 2.05) is 24.3 Å². The molecule has 20 heavy (non-hydrogen) atoms. The molecule has 0 aromatic heterocycles. The van der Waals surface area contributed by atoms with Gasteiger partial charge in [-0.2, -0.15) is 0 Å². The number of nitrogens with two attached hydrogens (primary N) is 1. The lowest BCUT2D eigenvalue weighted by Crippen LogP contribution is -2.09. The minimum absolute atomic E-state index is 0.174. The van der Waals surface area contributed by atoms with Gasteiger partial charge in [-0.3, -0.25) is 4.79 Å². The Balaban J connectivity index is 2.30. The van der Waals surface area contributed by atoms with Gasteiger partial charge in [0.1, 0.15) is 11.6 Å². The van der Waals surface area contributed by atoms with Crippen LogP contribution in [-0.4, -0.2) is 12.9 Å². The predicted molar refractivity (Wildman–Crippen MR) is 75.3 cm³/mol. The van der Waals surface area contributed by atoms with Crippen molar-refractivity contribution in [3.8, 4) is 5.75 Å². The average Bonchev–Trinajstić information content (AvgIpc) is 2.47. The second-order valence-electron chi connectivity index (χ2n) is 4.42. The number of halogens is 1. The Bertz CT molecular complexity index is 626. The Hall–Kier alpha value is -2.20. The summed E-state index contributed by atoms with van der Waals surface area (Å²) in [7, 11) is 1.46. The van der Waals surface area contributed by atoms with Crippen molar-refractivity contribution in [2.45, 2.75) is 13.0 Å². The number of ether oxygens (including phenoxy) is 1. The number of hydrogen-bond acceptors (Lipinski definition) is 3. The molecule has 0 amide bonds. The van der Waals surface area contributed by atoms with E-state index in [0.717, 1.165) is 11.1 Å². The second kappa shape index (κ2) is 6.30. The number of methoxy groups -OCH3 is 1. The summed E-state index contributed by atoms with van der Waals surface area (Å²) in [6.45, 7) is 0.365. The van der Waals surface area contributed by atoms with Crippen molar-refractivity contribution in [3.05, 3.63) is 65.0 Å². The van der Waals surface area contributed by atoms with Gasteiger partial charge >= 0.3 is 0 Å². The summed E-state index contributed by atoms with van der Waals surface area (Å²) in [4.78, 5) is 12.3. The largest absolute Gasteiger partial charge is 0.496 e. The smallest absolute Gasteiger partial charge is 0.171 e. The fourth-order valence-electron chi connectivity index (χ4n) is 2.10. The van der Waals surface area contributed by atoms with Gasteiger partial charge in [-0.15, -0.1) is 0 Å². The molecular formula is C16H16FNO2. The first-order valence-electron chi connectivity index (χ1n) is 6.29. The fourth-order valence-corrected chi connectivity index (χ4v) is 2.10. The van der Waals surface area contributed by atoms with Crippen LogP contribution in [0, 0.1) is 5.82 Å². The number of hydrogen-bond donors (Lipinski definition) is 1. The monoisotopic (exact) mass is 273 g/mol. The molecule has 0 fully saturated rings. The Kier molecular flexibility index (Phi) is 4.48. The van der Waals surface area contributed by atoms with Crippen LogP contribution in [0.5, 0.6) is 5.75 Å². The van der Waals surface area contributed by atoms with E-state index in [9.17, 15) is 9.18 Å². The van der Waals surface area contributed by atoms with Gasteiger partial charge in [-0.05, 0) is 29.3 Å². The molecule has 0 bridgehead atoms. The summed E-state index contributed by atoms with van der Waals surface area (Å²) in [6.07, 6.45) is 0.174. The van der Waals surface area contributed by atoms with E-state index in [4.69, 9.17) is 10.5 Å². The molecule has 0 aliphatic heterocycles. The van der Waals surface area contributed by atoms with Crippen LogP contribution in [0.4, 0.5) is 4.39 Å². The Morgan fingerprint density at radius 2 is 1.90 bits per heavy atom. The zero-order valence-corrected chi connectivity index (χ0v) is 11.2. The van der Waals surface area contributed by atoms with Gasteiger partial charge in [-0.25, -0.2) is 4.39 Å². The number of Topliss-reactive ketones (excluding diaryl/α,β-unsaturated/α-hetero) is 1. The van der Waals surface area contributed by atoms with E-state index < -0.39 is 5.82 Å². The van der Waals surface area contributed by atoms with Crippen molar-refractivity contribution in [2.75, 3.05) is 7.11 Å². The molecule has 0 aliphatic carbocycles. The quantitative estimate of drug-likeness (QED) is 0.852. The molecule has 0 unspecified atom stereocenters. The molecule has 0 saturated heterocycles. The number of ketones is 1. The number of carbonyl (C=O) groups is 1. The third-order valence-corrected chi connectivity index (χ3v) is 3.15. The van der Waals surface area contributed by atoms with Crippen LogP contribution < -0.4 is 10.5 Å². The van der Waals surface area contributed by atoms with E-state index in [-0.39, 0.29) is 17.8 Å². The summed E-state index contributed by atoms with van der Waals surface area (Å²) < 4.78 is 18.4. The van der Waals surface area contributed by atoms with E-state index in [1.165, 1.54) is 25.3 Å². The molecular weight excluding hydrogens is 257 g/mol. The first-order chi connectivity index (χ1) is 9.65. The molecule has 0 aliphatic rings. The van der Waals surface area contributed by atoms with Crippen molar-refractivity contribution in [1.29, 1.82) is 0 Å². The SMILES string of the molecule is COc1ccc(F)cc1C(=O)Cc1ccccc1CN. The van der Waals surface area contributed by atoms with Gasteiger partial charge in [0.2, 0.25) is 0 Å². The van der Waals surface area contributed by atoms with Gasteiger partial charge < -0.3 is 10.5 Å². The molecule has 104 valence electrons. The predicted octanol–water partition coefficient (Wildman–Crippen LogP) is 2.72. The zero-order chi connectivity index (χ0) is 14.5. The maximum absolute atomic E-state index is 13.3. The molecule has 0 spiro atoms. The molecule has 2 rings (SSSR count). The Morgan fingerprint density at radius 3 is 2.55 bits per heavy atom. The van der Waals surface area contributed by atoms with E-state index >= 15 is 0 Å². The topological polar surface area (TPSA) is 52.3 Å². The first kappa shape index (κ1) is 14.2. The first-order valence-corrected chi connectivity index (χ1v) is 6.29. The molecule has 0 radical (unpaired) electrons. The summed E-state index contributed by atoms with van der Waals surface area (Å²) >= 11 is 0. The lowest BCUT2D eigenvalue weighted by molar-refractivity contribution is 0.0989. The maximum Gasteiger partial charge on any atom is 0.171 e. The van der Waals surface area contributed by atoms with Gasteiger partial charge in [0.15, 0.2) is 5.78 Å². The molecule has 4 heteroatoms. The van der Waals surface area contributed by atoms with E-state index in [1.54, 1.807) is 0 Å². The van der Waals surface area contributed by atoms with Crippen molar-refractivity contribution < 1.29 is 13.9 Å². The van der Waals surface area contributed by atoms with Gasteiger partial charge in [0.25, 0.3) is 0 Å². The van der Waals surface area contributed by atoms with Crippen LogP contribution in [0.3, 0.4) is 0 Å². The lowest BCUT2D eigenvalue weighted by Gasteiger charge is -2.10. The fraction of sp³-hybridized carbons (Fsp3) is 0.188. The van der Waals surface area contributed by atoms with Crippen molar-refractivity contribution in [3.63, 3.8) is 0 Å². The summed E-state index contributed by atoms with van der Waals surface area (Å²) in [5.41, 5.74) is 7.66. The van der Waals surface area contributed by atoms with Crippen molar-refractivity contribution >= 4 is 5.78 Å². The molecule has 0 saturated carbocycles. The van der Waals surface area contributed by atoms with E-state index in [0.29, 0.717) is 12.3 Å². The molecule has 2 aromatic carbocycles. The molecule has 2 N–H and O–H groups in total. The lowest BCUT2D eigenvalue weighted by atomic mass is 9.98. The van der Waals surface area contributed by atoms with Crippen molar-refractivity contribution in [2.24, 2.45) is 5.73 Å². The molecule has 3 nitrogen and oxygen atoms in total. The number of benzene rings is 2. The standard InChI is InChI=1S/C16H16FNO2/c1-20-16-7-6-13(17)9-14(16)15(19)8-11-4-2-3-5-12(11)10-18/h2-7,9H,8,10,18H2,1H3. The van der Waals surface area contributed by atoms with Crippen LogP contribution in [-0.2, 0) is 13.0 Å². The molecule has 0 atom stereocenters. The number of rotatable bonds is 5. The van der Waals surface area contributed by atoms with Crippen LogP contribution in [0.2, 0.25) is 0 Å². The highest BCUT2D eigenvalue weighted by molar-refractivity contribution is 6.00. The van der Waals surface area contributed by atoms with Gasteiger partial charge in [-0.1, -0.05) is 24.3 Å². The molecule has 0 heterocycles. The highest BCUT2D eigenvalue weighted by atomic mass is 19.1. The zero-order valence-electron chi connectivity index (χ0n) is 11.2. The summed E-state index contributed by atoms with van der Waals surface area (Å²) in [6, 6.07) is 11.4. The van der Waals surface area contributed by atoms with E-state index in [2.05, 4.69) is 0 Å². The third-order valence-electron chi connectivity index (χ3n) is 3.15. The second-order valence-corrected chi connectivity index (χ2v) is 4.42. The van der Waals surface area contributed by atoms with Gasteiger partial charge in [0.05, 0.1) is 12.7 Å².